The maximum absolute atomic E-state index is 12.7. The molecule has 1 saturated heterocycles. The van der Waals surface area contributed by atoms with Gasteiger partial charge in [0.05, 0.1) is 18.1 Å². The zero-order chi connectivity index (χ0) is 19.3. The van der Waals surface area contributed by atoms with Gasteiger partial charge in [0.25, 0.3) is 5.91 Å². The van der Waals surface area contributed by atoms with Crippen LogP contribution in [-0.2, 0) is 21.2 Å². The Kier molecular flexibility index (Phi) is 6.26. The molecule has 1 amide bonds. The number of hydrogen-bond acceptors (Lipinski definition) is 4. The van der Waals surface area contributed by atoms with Crippen LogP contribution in [0.1, 0.15) is 21.5 Å². The number of carbonyl (C=O) groups is 1. The van der Waals surface area contributed by atoms with E-state index in [-0.39, 0.29) is 10.8 Å². The fourth-order valence-corrected chi connectivity index (χ4v) is 4.49. The molecule has 0 unspecified atom stereocenters. The summed E-state index contributed by atoms with van der Waals surface area (Å²) >= 11 is 0. The molecule has 0 atom stereocenters. The Morgan fingerprint density at radius 2 is 1.85 bits per heavy atom. The average molecular weight is 388 g/mol. The number of carbonyl (C=O) groups excluding carboxylic acids is 1. The SMILES string of the molecule is Cc1ccccc1CCNC(=O)c1cccc(S(=O)(=O)N2CCOCC2)c1. The Morgan fingerprint density at radius 3 is 2.59 bits per heavy atom. The van der Waals surface area contributed by atoms with Crippen LogP contribution in [0.25, 0.3) is 0 Å². The van der Waals surface area contributed by atoms with Crippen LogP contribution in [0.5, 0.6) is 0 Å². The molecule has 144 valence electrons. The summed E-state index contributed by atoms with van der Waals surface area (Å²) in [4.78, 5) is 12.6. The van der Waals surface area contributed by atoms with Gasteiger partial charge in [0.2, 0.25) is 10.0 Å². The number of aryl methyl sites for hydroxylation is 1. The van der Waals surface area contributed by atoms with E-state index in [4.69, 9.17) is 4.74 Å². The van der Waals surface area contributed by atoms with Crippen molar-refractivity contribution in [2.24, 2.45) is 0 Å². The minimum absolute atomic E-state index is 0.135. The molecule has 0 radical (unpaired) electrons. The molecule has 7 heteroatoms. The molecule has 0 aromatic heterocycles. The Labute approximate surface area is 160 Å². The topological polar surface area (TPSA) is 75.7 Å². The van der Waals surface area contributed by atoms with Gasteiger partial charge in [-0.2, -0.15) is 4.31 Å². The van der Waals surface area contributed by atoms with Gasteiger partial charge in [0.1, 0.15) is 0 Å². The highest BCUT2D eigenvalue weighted by molar-refractivity contribution is 7.89. The Bertz CT molecular complexity index is 906. The second-order valence-corrected chi connectivity index (χ2v) is 8.41. The van der Waals surface area contributed by atoms with E-state index < -0.39 is 10.0 Å². The lowest BCUT2D eigenvalue weighted by Crippen LogP contribution is -2.40. The first-order valence-corrected chi connectivity index (χ1v) is 10.4. The van der Waals surface area contributed by atoms with Crippen molar-refractivity contribution in [2.45, 2.75) is 18.2 Å². The molecule has 0 spiro atoms. The van der Waals surface area contributed by atoms with Gasteiger partial charge in [-0.05, 0) is 42.7 Å². The first-order chi connectivity index (χ1) is 13.0. The third-order valence-corrected chi connectivity index (χ3v) is 6.54. The summed E-state index contributed by atoms with van der Waals surface area (Å²) in [6.45, 7) is 3.96. The van der Waals surface area contributed by atoms with Crippen LogP contribution in [0.4, 0.5) is 0 Å². The predicted octanol–water partition coefficient (Wildman–Crippen LogP) is 1.99. The van der Waals surface area contributed by atoms with E-state index in [0.29, 0.717) is 38.4 Å². The first-order valence-electron chi connectivity index (χ1n) is 8.99. The molecular formula is C20H24N2O4S. The van der Waals surface area contributed by atoms with E-state index in [1.165, 1.54) is 27.6 Å². The lowest BCUT2D eigenvalue weighted by atomic mass is 10.1. The van der Waals surface area contributed by atoms with Gasteiger partial charge < -0.3 is 10.1 Å². The molecule has 3 rings (SSSR count). The molecule has 2 aromatic carbocycles. The van der Waals surface area contributed by atoms with E-state index in [9.17, 15) is 13.2 Å². The number of nitrogens with one attached hydrogen (secondary N) is 1. The molecule has 1 fully saturated rings. The van der Waals surface area contributed by atoms with Crippen LogP contribution in [0.2, 0.25) is 0 Å². The minimum atomic E-state index is -3.61. The molecule has 6 nitrogen and oxygen atoms in total. The number of sulfonamides is 1. The van der Waals surface area contributed by atoms with Crippen molar-refractivity contribution >= 4 is 15.9 Å². The molecular weight excluding hydrogens is 364 g/mol. The van der Waals surface area contributed by atoms with E-state index in [2.05, 4.69) is 5.32 Å². The van der Waals surface area contributed by atoms with Gasteiger partial charge in [-0.3, -0.25) is 4.79 Å². The van der Waals surface area contributed by atoms with Gasteiger partial charge in [0, 0.05) is 25.2 Å². The molecule has 1 aliphatic heterocycles. The minimum Gasteiger partial charge on any atom is -0.379 e. The summed E-state index contributed by atoms with van der Waals surface area (Å²) in [6, 6.07) is 14.2. The van der Waals surface area contributed by atoms with Gasteiger partial charge in [-0.25, -0.2) is 8.42 Å². The lowest BCUT2D eigenvalue weighted by molar-refractivity contribution is 0.0730. The summed E-state index contributed by atoms with van der Waals surface area (Å²) in [5.74, 6) is -0.275. The number of morpholine rings is 1. The summed E-state index contributed by atoms with van der Waals surface area (Å²) in [5, 5.41) is 2.87. The molecule has 27 heavy (non-hydrogen) atoms. The van der Waals surface area contributed by atoms with Crippen molar-refractivity contribution in [2.75, 3.05) is 32.8 Å². The number of amides is 1. The predicted molar refractivity (Wildman–Crippen MR) is 103 cm³/mol. The van der Waals surface area contributed by atoms with Crippen molar-refractivity contribution in [3.63, 3.8) is 0 Å². The third kappa shape index (κ3) is 4.74. The molecule has 2 aromatic rings. The second-order valence-electron chi connectivity index (χ2n) is 6.48. The van der Waals surface area contributed by atoms with Crippen molar-refractivity contribution in [1.82, 2.24) is 9.62 Å². The summed E-state index contributed by atoms with van der Waals surface area (Å²) in [6.07, 6.45) is 0.726. The summed E-state index contributed by atoms with van der Waals surface area (Å²) < 4.78 is 32.1. The number of ether oxygens (including phenoxy) is 1. The standard InChI is InChI=1S/C20H24N2O4S/c1-16-5-2-3-6-17(16)9-10-21-20(23)18-7-4-8-19(15-18)27(24,25)22-11-13-26-14-12-22/h2-8,15H,9-14H2,1H3,(H,21,23). The molecule has 0 aliphatic carbocycles. The van der Waals surface area contributed by atoms with Gasteiger partial charge in [-0.15, -0.1) is 0 Å². The normalized spacial score (nSPS) is 15.4. The number of hydrogen-bond donors (Lipinski definition) is 1. The highest BCUT2D eigenvalue weighted by Gasteiger charge is 2.26. The quantitative estimate of drug-likeness (QED) is 0.821. The van der Waals surface area contributed by atoms with Crippen molar-refractivity contribution in [3.05, 3.63) is 65.2 Å². The van der Waals surface area contributed by atoms with E-state index in [1.807, 2.05) is 31.2 Å². The molecule has 1 heterocycles. The van der Waals surface area contributed by atoms with E-state index in [0.717, 1.165) is 6.42 Å². The highest BCUT2D eigenvalue weighted by Crippen LogP contribution is 2.18. The maximum Gasteiger partial charge on any atom is 0.251 e. The van der Waals surface area contributed by atoms with Crippen LogP contribution in [-0.4, -0.2) is 51.5 Å². The van der Waals surface area contributed by atoms with Gasteiger partial charge >= 0.3 is 0 Å². The molecule has 0 saturated carbocycles. The summed E-state index contributed by atoms with van der Waals surface area (Å²) in [5.41, 5.74) is 2.71. The average Bonchev–Trinajstić information content (AvgIpc) is 2.70. The smallest absolute Gasteiger partial charge is 0.251 e. The maximum atomic E-state index is 12.7. The summed E-state index contributed by atoms with van der Waals surface area (Å²) in [7, 11) is -3.61. The van der Waals surface area contributed by atoms with Gasteiger partial charge in [0.15, 0.2) is 0 Å². The molecule has 1 aliphatic rings. The Hall–Kier alpha value is -2.22. The van der Waals surface area contributed by atoms with Crippen molar-refractivity contribution < 1.29 is 17.9 Å². The van der Waals surface area contributed by atoms with Crippen LogP contribution in [0, 0.1) is 6.92 Å². The van der Waals surface area contributed by atoms with Gasteiger partial charge in [-0.1, -0.05) is 30.3 Å². The van der Waals surface area contributed by atoms with Crippen LogP contribution in [0.15, 0.2) is 53.4 Å². The second kappa shape index (κ2) is 8.65. The lowest BCUT2D eigenvalue weighted by Gasteiger charge is -2.26. The fourth-order valence-electron chi connectivity index (χ4n) is 3.04. The van der Waals surface area contributed by atoms with Crippen LogP contribution >= 0.6 is 0 Å². The monoisotopic (exact) mass is 388 g/mol. The Morgan fingerprint density at radius 1 is 1.11 bits per heavy atom. The fraction of sp³-hybridized carbons (Fsp3) is 0.350. The number of benzene rings is 2. The Balaban J connectivity index is 1.66. The van der Waals surface area contributed by atoms with E-state index >= 15 is 0 Å². The highest BCUT2D eigenvalue weighted by atomic mass is 32.2. The molecule has 1 N–H and O–H groups in total. The zero-order valence-corrected chi connectivity index (χ0v) is 16.2. The van der Waals surface area contributed by atoms with E-state index in [1.54, 1.807) is 12.1 Å². The third-order valence-electron chi connectivity index (χ3n) is 4.65. The van der Waals surface area contributed by atoms with Crippen molar-refractivity contribution in [1.29, 1.82) is 0 Å². The van der Waals surface area contributed by atoms with Crippen LogP contribution < -0.4 is 5.32 Å². The van der Waals surface area contributed by atoms with Crippen LogP contribution in [0.3, 0.4) is 0 Å². The molecule has 0 bridgehead atoms. The zero-order valence-electron chi connectivity index (χ0n) is 15.3. The van der Waals surface area contributed by atoms with Crippen molar-refractivity contribution in [3.8, 4) is 0 Å². The first kappa shape index (κ1) is 19.5. The number of rotatable bonds is 6. The largest absolute Gasteiger partial charge is 0.379 e. The number of nitrogens with zero attached hydrogens (tertiary/aromatic N) is 1.